The van der Waals surface area contributed by atoms with Gasteiger partial charge in [0.2, 0.25) is 0 Å². The van der Waals surface area contributed by atoms with Gasteiger partial charge in [0.25, 0.3) is 0 Å². The van der Waals surface area contributed by atoms with Gasteiger partial charge >= 0.3 is 0 Å². The monoisotopic (exact) mass is 111 g/mol. The summed E-state index contributed by atoms with van der Waals surface area (Å²) in [5.41, 5.74) is 10.6. The first-order chi connectivity index (χ1) is 3.93. The third-order valence-corrected chi connectivity index (χ3v) is 0.768. The Balaban J connectivity index is 2.40. The van der Waals surface area contributed by atoms with Gasteiger partial charge in [-0.25, -0.2) is 5.43 Å². The van der Waals surface area contributed by atoms with Crippen LogP contribution in [0.5, 0.6) is 0 Å². The molecular formula is C3H5N5. The summed E-state index contributed by atoms with van der Waals surface area (Å²) in [6, 6.07) is 0. The first-order valence-electron chi connectivity index (χ1n) is 2.17. The molecule has 0 amide bonds. The summed E-state index contributed by atoms with van der Waals surface area (Å²) in [4.78, 5) is 2.57. The molecule has 0 aliphatic carbocycles. The predicted molar refractivity (Wildman–Crippen MR) is 28.1 cm³/mol. The molecule has 0 unspecified atom stereocenters. The molecule has 0 bridgehead atoms. The van der Waals surface area contributed by atoms with Crippen LogP contribution < -0.4 is 5.43 Å². The lowest BCUT2D eigenvalue weighted by molar-refractivity contribution is 0.276. The van der Waals surface area contributed by atoms with Crippen molar-refractivity contribution in [2.24, 2.45) is 5.22 Å². The average Bonchev–Trinajstić information content (AvgIpc) is 2.19. The molecule has 0 aromatic carbocycles. The molecule has 42 valence electrons. The minimum absolute atomic E-state index is 0.643. The van der Waals surface area contributed by atoms with Crippen molar-refractivity contribution >= 4 is 0 Å². The fraction of sp³-hybridized carbons (Fsp3) is 0.333. The van der Waals surface area contributed by atoms with E-state index in [0.717, 1.165) is 0 Å². The Bertz CT molecular complexity index is 136. The molecule has 1 N–H and O–H groups in total. The molecule has 0 aromatic heterocycles. The van der Waals surface area contributed by atoms with Crippen molar-refractivity contribution in [3.05, 3.63) is 22.7 Å². The van der Waals surface area contributed by atoms with E-state index in [2.05, 4.69) is 15.6 Å². The minimum atomic E-state index is 0.643. The third-order valence-electron chi connectivity index (χ3n) is 0.768. The second kappa shape index (κ2) is 2.09. The molecule has 1 rings (SSSR count). The summed E-state index contributed by atoms with van der Waals surface area (Å²) in [6.07, 6.45) is 3.57. The number of rotatable bonds is 1. The molecule has 1 heterocycles. The largest absolute Gasteiger partial charge is 0.233 e. The molecule has 0 radical (unpaired) electrons. The lowest BCUT2D eigenvalue weighted by Gasteiger charge is -2.01. The topological polar surface area (TPSA) is 64.0 Å². The number of nitrogens with zero attached hydrogens (tertiary/aromatic N) is 4. The average molecular weight is 111 g/mol. The van der Waals surface area contributed by atoms with Crippen LogP contribution in [-0.2, 0) is 0 Å². The van der Waals surface area contributed by atoms with E-state index in [1.807, 2.05) is 6.08 Å². The number of hydrogen-bond donors (Lipinski definition) is 1. The predicted octanol–water partition coefficient (Wildman–Crippen LogP) is 0.546. The molecule has 0 atom stereocenters. The van der Waals surface area contributed by atoms with Crippen LogP contribution in [0, 0.1) is 0 Å². The van der Waals surface area contributed by atoms with Crippen LogP contribution >= 0.6 is 0 Å². The minimum Gasteiger partial charge on any atom is -0.233 e. The molecule has 0 spiro atoms. The van der Waals surface area contributed by atoms with Crippen molar-refractivity contribution in [2.45, 2.75) is 0 Å². The van der Waals surface area contributed by atoms with Crippen LogP contribution in [0.2, 0.25) is 0 Å². The highest BCUT2D eigenvalue weighted by Crippen LogP contribution is 1.90. The number of hydrazine groups is 1. The Labute approximate surface area is 46.2 Å². The van der Waals surface area contributed by atoms with Gasteiger partial charge in [0.15, 0.2) is 0 Å². The van der Waals surface area contributed by atoms with Crippen molar-refractivity contribution in [3.8, 4) is 0 Å². The normalized spacial score (nSPS) is 15.2. The molecule has 5 heteroatoms. The standard InChI is InChI=1S/C3H5N5/c4-6-7-8-3-1-2-5-8/h1-2,5H,3H2. The summed E-state index contributed by atoms with van der Waals surface area (Å²) < 4.78 is 0. The van der Waals surface area contributed by atoms with Gasteiger partial charge in [0.05, 0.1) is 0 Å². The van der Waals surface area contributed by atoms with Crippen LogP contribution in [-0.4, -0.2) is 11.7 Å². The molecule has 0 aromatic rings. The van der Waals surface area contributed by atoms with Gasteiger partial charge in [-0.15, -0.1) is 10.6 Å². The quantitative estimate of drug-likeness (QED) is 0.305. The molecule has 0 saturated heterocycles. The van der Waals surface area contributed by atoms with Crippen molar-refractivity contribution in [1.82, 2.24) is 10.5 Å². The van der Waals surface area contributed by atoms with Gasteiger partial charge in [0.1, 0.15) is 6.54 Å². The second-order valence-corrected chi connectivity index (χ2v) is 1.29. The molecule has 5 nitrogen and oxygen atoms in total. The van der Waals surface area contributed by atoms with Crippen molar-refractivity contribution < 1.29 is 0 Å². The molecule has 1 aliphatic heterocycles. The highest BCUT2D eigenvalue weighted by Gasteiger charge is 2.01. The van der Waals surface area contributed by atoms with Crippen LogP contribution in [0.3, 0.4) is 0 Å². The van der Waals surface area contributed by atoms with Crippen LogP contribution in [0.4, 0.5) is 0 Å². The van der Waals surface area contributed by atoms with E-state index in [-0.39, 0.29) is 0 Å². The van der Waals surface area contributed by atoms with Gasteiger partial charge < -0.3 is 0 Å². The first-order valence-corrected chi connectivity index (χ1v) is 2.17. The van der Waals surface area contributed by atoms with E-state index in [1.54, 1.807) is 6.20 Å². The molecular weight excluding hydrogens is 106 g/mol. The Morgan fingerprint density at radius 3 is 3.25 bits per heavy atom. The lowest BCUT2D eigenvalue weighted by Crippen LogP contribution is -2.22. The zero-order valence-electron chi connectivity index (χ0n) is 4.15. The molecule has 0 fully saturated rings. The Kier molecular flexibility index (Phi) is 1.25. The van der Waals surface area contributed by atoms with Crippen LogP contribution in [0.1, 0.15) is 0 Å². The summed E-state index contributed by atoms with van der Waals surface area (Å²) in [5, 5.41) is 4.65. The van der Waals surface area contributed by atoms with Gasteiger partial charge in [-0.3, -0.25) is 0 Å². The highest BCUT2D eigenvalue weighted by atomic mass is 15.7. The smallest absolute Gasteiger partial charge is 0.135 e. The van der Waals surface area contributed by atoms with Crippen LogP contribution in [0.25, 0.3) is 10.4 Å². The van der Waals surface area contributed by atoms with E-state index in [0.29, 0.717) is 6.54 Å². The Morgan fingerprint density at radius 1 is 1.88 bits per heavy atom. The number of hydrogen-bond acceptors (Lipinski definition) is 2. The summed E-state index contributed by atoms with van der Waals surface area (Å²) in [7, 11) is 0. The fourth-order valence-electron chi connectivity index (χ4n) is 0.455. The molecule has 8 heavy (non-hydrogen) atoms. The maximum Gasteiger partial charge on any atom is 0.135 e. The highest BCUT2D eigenvalue weighted by molar-refractivity contribution is 4.86. The SMILES string of the molecule is [N-]=[N+]=NN1CC=CN1. The van der Waals surface area contributed by atoms with E-state index < -0.39 is 0 Å². The zero-order valence-corrected chi connectivity index (χ0v) is 4.15. The van der Waals surface area contributed by atoms with Gasteiger partial charge in [-0.2, -0.15) is 4.91 Å². The fourth-order valence-corrected chi connectivity index (χ4v) is 0.455. The van der Waals surface area contributed by atoms with E-state index >= 15 is 0 Å². The van der Waals surface area contributed by atoms with Crippen molar-refractivity contribution in [1.29, 1.82) is 0 Å². The summed E-state index contributed by atoms with van der Waals surface area (Å²) >= 11 is 0. The maximum absolute atomic E-state index is 7.88. The van der Waals surface area contributed by atoms with Crippen LogP contribution in [0.15, 0.2) is 17.5 Å². The summed E-state index contributed by atoms with van der Waals surface area (Å²) in [6.45, 7) is 0.643. The van der Waals surface area contributed by atoms with Gasteiger partial charge in [-0.05, 0) is 6.08 Å². The first kappa shape index (κ1) is 4.80. The maximum atomic E-state index is 7.88. The van der Waals surface area contributed by atoms with Gasteiger partial charge in [0, 0.05) is 11.4 Å². The Hall–Kier alpha value is -1.35. The number of azide groups is 1. The van der Waals surface area contributed by atoms with E-state index in [9.17, 15) is 0 Å². The lowest BCUT2D eigenvalue weighted by atomic mass is 10.7. The van der Waals surface area contributed by atoms with Gasteiger partial charge in [-0.1, -0.05) is 0 Å². The van der Waals surface area contributed by atoms with E-state index in [1.165, 1.54) is 5.12 Å². The molecule has 1 aliphatic rings. The molecule has 0 saturated carbocycles. The Morgan fingerprint density at radius 2 is 2.75 bits per heavy atom. The number of nitrogens with one attached hydrogen (secondary N) is 1. The second-order valence-electron chi connectivity index (χ2n) is 1.29. The van der Waals surface area contributed by atoms with E-state index in [4.69, 9.17) is 5.53 Å². The third kappa shape index (κ3) is 0.828. The van der Waals surface area contributed by atoms with Crippen molar-refractivity contribution in [3.63, 3.8) is 0 Å². The zero-order chi connectivity index (χ0) is 5.82. The summed E-state index contributed by atoms with van der Waals surface area (Å²) in [5.74, 6) is 0. The van der Waals surface area contributed by atoms with Crippen molar-refractivity contribution in [2.75, 3.05) is 6.54 Å².